The lowest BCUT2D eigenvalue weighted by molar-refractivity contribution is -0.136. The van der Waals surface area contributed by atoms with Crippen molar-refractivity contribution in [3.8, 4) is 23.1 Å². The molecule has 3 aromatic rings. The molecule has 2 N–H and O–H groups in total. The van der Waals surface area contributed by atoms with Crippen LogP contribution in [0.3, 0.4) is 0 Å². The first kappa shape index (κ1) is 25.6. The van der Waals surface area contributed by atoms with Crippen molar-refractivity contribution in [3.63, 3.8) is 0 Å². The maximum Gasteiger partial charge on any atom is 0.304 e. The first-order valence-electron chi connectivity index (χ1n) is 12.6. The van der Waals surface area contributed by atoms with Gasteiger partial charge in [-0.25, -0.2) is 4.98 Å². The van der Waals surface area contributed by atoms with E-state index < -0.39 is 5.97 Å². The van der Waals surface area contributed by atoms with Crippen molar-refractivity contribution < 1.29 is 23.8 Å². The number of aryl methyl sites for hydroxylation is 3. The summed E-state index contributed by atoms with van der Waals surface area (Å²) in [6, 6.07) is 9.84. The zero-order valence-corrected chi connectivity index (χ0v) is 20.7. The highest BCUT2D eigenvalue weighted by Gasteiger charge is 2.19. The molecule has 1 aromatic carbocycles. The molecule has 1 saturated carbocycles. The van der Waals surface area contributed by atoms with Gasteiger partial charge in [-0.15, -0.1) is 10.2 Å². The first-order valence-corrected chi connectivity index (χ1v) is 12.6. The summed E-state index contributed by atoms with van der Waals surface area (Å²) in [4.78, 5) is 14.9. The van der Waals surface area contributed by atoms with Crippen LogP contribution in [-0.2, 0) is 17.6 Å². The number of benzene rings is 1. The van der Waals surface area contributed by atoms with Crippen LogP contribution in [0.5, 0.6) is 11.6 Å². The summed E-state index contributed by atoms with van der Waals surface area (Å²) in [5, 5.41) is 20.2. The molecule has 0 radical (unpaired) electrons. The summed E-state index contributed by atoms with van der Waals surface area (Å²) < 4.78 is 17.8. The standard InChI is InChI=1S/C27H34N4O5/c1-19-17-20(8-10-23(19)34-16-15-28-14-12-25(32)33)9-11-24-30-31-27(36-24)22-7-4-13-29-26(22)35-18-21-5-2-3-6-21/h4,7-8,10,13,17,21,28H,2-3,5-6,9,11-12,14-16,18H2,1H3,(H,32,33). The molecule has 2 heterocycles. The fraction of sp³-hybridized carbons (Fsp3) is 0.481. The van der Waals surface area contributed by atoms with Crippen molar-refractivity contribution in [1.82, 2.24) is 20.5 Å². The fourth-order valence-electron chi connectivity index (χ4n) is 4.34. The highest BCUT2D eigenvalue weighted by Crippen LogP contribution is 2.30. The molecule has 1 fully saturated rings. The van der Waals surface area contributed by atoms with Gasteiger partial charge in [0.15, 0.2) is 0 Å². The van der Waals surface area contributed by atoms with Gasteiger partial charge in [-0.3, -0.25) is 4.79 Å². The number of aliphatic carboxylic acids is 1. The SMILES string of the molecule is Cc1cc(CCc2nnc(-c3cccnc3OCC3CCCC3)o2)ccc1OCCNCCC(=O)O. The third-order valence-corrected chi connectivity index (χ3v) is 6.32. The van der Waals surface area contributed by atoms with Gasteiger partial charge in [0, 0.05) is 25.7 Å². The first-order chi connectivity index (χ1) is 17.6. The van der Waals surface area contributed by atoms with Crippen molar-refractivity contribution in [2.45, 2.75) is 51.9 Å². The Kier molecular flexibility index (Phi) is 9.27. The number of carbonyl (C=O) groups is 1. The Labute approximate surface area is 211 Å². The minimum atomic E-state index is -0.808. The van der Waals surface area contributed by atoms with Crippen molar-refractivity contribution in [1.29, 1.82) is 0 Å². The predicted octanol–water partition coefficient (Wildman–Crippen LogP) is 4.24. The number of hydrogen-bond acceptors (Lipinski definition) is 8. The lowest BCUT2D eigenvalue weighted by Crippen LogP contribution is -2.23. The molecule has 2 aromatic heterocycles. The van der Waals surface area contributed by atoms with Gasteiger partial charge >= 0.3 is 5.97 Å². The van der Waals surface area contributed by atoms with Crippen molar-refractivity contribution in [2.24, 2.45) is 5.92 Å². The normalized spacial score (nSPS) is 13.7. The second-order valence-electron chi connectivity index (χ2n) is 9.16. The summed E-state index contributed by atoms with van der Waals surface area (Å²) >= 11 is 0. The number of carboxylic acid groups (broad SMARTS) is 1. The molecule has 36 heavy (non-hydrogen) atoms. The van der Waals surface area contributed by atoms with E-state index in [9.17, 15) is 4.79 Å². The maximum atomic E-state index is 10.5. The highest BCUT2D eigenvalue weighted by molar-refractivity contribution is 5.66. The van der Waals surface area contributed by atoms with Crippen LogP contribution < -0.4 is 14.8 Å². The number of hydrogen-bond donors (Lipinski definition) is 2. The van der Waals surface area contributed by atoms with Gasteiger partial charge in [0.25, 0.3) is 5.89 Å². The molecule has 0 saturated heterocycles. The van der Waals surface area contributed by atoms with Gasteiger partial charge in [0.05, 0.1) is 13.0 Å². The Balaban J connectivity index is 1.27. The number of ether oxygens (including phenoxy) is 2. The van der Waals surface area contributed by atoms with Crippen LogP contribution in [0.15, 0.2) is 40.9 Å². The van der Waals surface area contributed by atoms with Crippen LogP contribution in [0.1, 0.15) is 49.1 Å². The van der Waals surface area contributed by atoms with Crippen LogP contribution in [0.4, 0.5) is 0 Å². The average molecular weight is 495 g/mol. The Morgan fingerprint density at radius 2 is 2.00 bits per heavy atom. The molecule has 0 spiro atoms. The van der Waals surface area contributed by atoms with Crippen LogP contribution in [0.2, 0.25) is 0 Å². The number of carboxylic acids is 1. The lowest BCUT2D eigenvalue weighted by atomic mass is 10.1. The second kappa shape index (κ2) is 13.0. The molecule has 1 aliphatic rings. The molecule has 0 amide bonds. The van der Waals surface area contributed by atoms with Crippen LogP contribution in [0, 0.1) is 12.8 Å². The van der Waals surface area contributed by atoms with Gasteiger partial charge in [0.2, 0.25) is 11.8 Å². The summed E-state index contributed by atoms with van der Waals surface area (Å²) in [5.74, 6) is 2.15. The van der Waals surface area contributed by atoms with Crippen molar-refractivity contribution in [3.05, 3.63) is 53.5 Å². The summed E-state index contributed by atoms with van der Waals surface area (Å²) in [6.45, 7) is 4.19. The topological polar surface area (TPSA) is 120 Å². The molecular weight excluding hydrogens is 460 g/mol. The molecule has 0 aliphatic heterocycles. The smallest absolute Gasteiger partial charge is 0.304 e. The van der Waals surface area contributed by atoms with E-state index in [1.807, 2.05) is 31.2 Å². The molecule has 0 atom stereocenters. The fourth-order valence-corrected chi connectivity index (χ4v) is 4.34. The molecule has 9 nitrogen and oxygen atoms in total. The van der Waals surface area contributed by atoms with Gasteiger partial charge in [-0.05, 0) is 61.4 Å². The second-order valence-corrected chi connectivity index (χ2v) is 9.16. The van der Waals surface area contributed by atoms with Crippen LogP contribution >= 0.6 is 0 Å². The zero-order chi connectivity index (χ0) is 25.2. The van der Waals surface area contributed by atoms with E-state index in [4.69, 9.17) is 19.0 Å². The Hall–Kier alpha value is -3.46. The molecule has 0 bridgehead atoms. The van der Waals surface area contributed by atoms with E-state index in [0.717, 1.165) is 28.9 Å². The zero-order valence-electron chi connectivity index (χ0n) is 20.7. The summed E-state index contributed by atoms with van der Waals surface area (Å²) in [6.07, 6.45) is 8.19. The Bertz CT molecular complexity index is 1130. The number of nitrogens with one attached hydrogen (secondary N) is 1. The number of aromatic nitrogens is 3. The van der Waals surface area contributed by atoms with Gasteiger partial charge in [-0.2, -0.15) is 0 Å². The van der Waals surface area contributed by atoms with E-state index in [0.29, 0.717) is 56.3 Å². The van der Waals surface area contributed by atoms with E-state index in [1.165, 1.54) is 25.7 Å². The van der Waals surface area contributed by atoms with Gasteiger partial charge in [-0.1, -0.05) is 25.0 Å². The molecule has 9 heteroatoms. The highest BCUT2D eigenvalue weighted by atomic mass is 16.5. The molecule has 1 aliphatic carbocycles. The van der Waals surface area contributed by atoms with Crippen LogP contribution in [-0.4, -0.2) is 52.6 Å². The number of nitrogens with zero attached hydrogens (tertiary/aromatic N) is 3. The molecule has 192 valence electrons. The third-order valence-electron chi connectivity index (χ3n) is 6.32. The van der Waals surface area contributed by atoms with E-state index >= 15 is 0 Å². The van der Waals surface area contributed by atoms with Gasteiger partial charge < -0.3 is 24.3 Å². The molecule has 4 rings (SSSR count). The maximum absolute atomic E-state index is 10.5. The summed E-state index contributed by atoms with van der Waals surface area (Å²) in [5.41, 5.74) is 2.92. The predicted molar refractivity (Wildman–Crippen MR) is 134 cm³/mol. The molecular formula is C27H34N4O5. The van der Waals surface area contributed by atoms with Crippen molar-refractivity contribution in [2.75, 3.05) is 26.3 Å². The average Bonchev–Trinajstić information content (AvgIpc) is 3.57. The lowest BCUT2D eigenvalue weighted by Gasteiger charge is -2.12. The molecule has 0 unspecified atom stereocenters. The minimum absolute atomic E-state index is 0.104. The summed E-state index contributed by atoms with van der Waals surface area (Å²) in [7, 11) is 0. The Morgan fingerprint density at radius 1 is 1.14 bits per heavy atom. The Morgan fingerprint density at radius 3 is 2.81 bits per heavy atom. The quantitative estimate of drug-likeness (QED) is 0.317. The van der Waals surface area contributed by atoms with E-state index in [-0.39, 0.29) is 6.42 Å². The van der Waals surface area contributed by atoms with E-state index in [2.05, 4.69) is 26.6 Å². The van der Waals surface area contributed by atoms with Gasteiger partial charge in [0.1, 0.15) is 17.9 Å². The van der Waals surface area contributed by atoms with Crippen molar-refractivity contribution >= 4 is 5.97 Å². The number of rotatable bonds is 14. The third kappa shape index (κ3) is 7.52. The minimum Gasteiger partial charge on any atom is -0.492 e. The van der Waals surface area contributed by atoms with E-state index in [1.54, 1.807) is 6.20 Å². The van der Waals surface area contributed by atoms with Crippen LogP contribution in [0.25, 0.3) is 11.5 Å². The monoisotopic (exact) mass is 494 g/mol. The number of pyridine rings is 1. The largest absolute Gasteiger partial charge is 0.492 e.